The maximum atomic E-state index is 12.4. The summed E-state index contributed by atoms with van der Waals surface area (Å²) in [5, 5.41) is 0. The number of nitrogens with two attached hydrogens (primary N) is 2. The summed E-state index contributed by atoms with van der Waals surface area (Å²) in [6.45, 7) is 1.83. The summed E-state index contributed by atoms with van der Waals surface area (Å²) in [7, 11) is 0. The normalized spacial score (nSPS) is 49.3. The van der Waals surface area contributed by atoms with Gasteiger partial charge in [0.15, 0.2) is 5.78 Å². The topological polar surface area (TPSA) is 86.2 Å². The Hall–Kier alpha value is -0.900. The lowest BCUT2D eigenvalue weighted by atomic mass is 9.41. The third kappa shape index (κ3) is 1.20. The van der Waals surface area contributed by atoms with Gasteiger partial charge in [0.25, 0.3) is 0 Å². The van der Waals surface area contributed by atoms with Gasteiger partial charge in [-0.25, -0.2) is 0 Å². The van der Waals surface area contributed by atoms with Crippen LogP contribution in [0.25, 0.3) is 0 Å². The van der Waals surface area contributed by atoms with Gasteiger partial charge < -0.3 is 11.5 Å². The van der Waals surface area contributed by atoms with Crippen molar-refractivity contribution in [1.29, 1.82) is 0 Å². The van der Waals surface area contributed by atoms with E-state index >= 15 is 0 Å². The van der Waals surface area contributed by atoms with Crippen molar-refractivity contribution in [3.05, 3.63) is 0 Å². The van der Waals surface area contributed by atoms with Crippen molar-refractivity contribution in [3.63, 3.8) is 0 Å². The van der Waals surface area contributed by atoms with Crippen LogP contribution in [0.1, 0.15) is 45.4 Å². The molecule has 4 heteroatoms. The number of rotatable bonds is 3. The number of Topliss-reactive ketones (excluding diaryl/α,β-unsaturated/α-hetero) is 1. The molecular weight excluding hydrogens is 228 g/mol. The first-order chi connectivity index (χ1) is 8.44. The van der Waals surface area contributed by atoms with Gasteiger partial charge in [0.2, 0.25) is 5.91 Å². The lowest BCUT2D eigenvalue weighted by molar-refractivity contribution is -0.170. The second-order valence-corrected chi connectivity index (χ2v) is 6.64. The molecule has 4 nitrogen and oxygen atoms in total. The molecular formula is C14H22N2O2. The van der Waals surface area contributed by atoms with Crippen molar-refractivity contribution in [2.45, 2.75) is 51.0 Å². The van der Waals surface area contributed by atoms with Gasteiger partial charge in [-0.3, -0.25) is 9.59 Å². The van der Waals surface area contributed by atoms with Crippen LogP contribution in [0.15, 0.2) is 0 Å². The first-order valence-corrected chi connectivity index (χ1v) is 7.06. The van der Waals surface area contributed by atoms with Gasteiger partial charge >= 0.3 is 0 Å². The van der Waals surface area contributed by atoms with Gasteiger partial charge in [-0.15, -0.1) is 0 Å². The van der Waals surface area contributed by atoms with Crippen molar-refractivity contribution in [2.75, 3.05) is 0 Å². The Bertz CT molecular complexity index is 406. The van der Waals surface area contributed by atoms with Crippen LogP contribution in [0.3, 0.4) is 0 Å². The lowest BCUT2D eigenvalue weighted by Crippen LogP contribution is -2.75. The van der Waals surface area contributed by atoms with Crippen LogP contribution in [0.4, 0.5) is 0 Å². The van der Waals surface area contributed by atoms with Crippen molar-refractivity contribution in [1.82, 2.24) is 0 Å². The Morgan fingerprint density at radius 3 is 2.17 bits per heavy atom. The van der Waals surface area contributed by atoms with E-state index in [9.17, 15) is 9.59 Å². The first kappa shape index (κ1) is 12.2. The summed E-state index contributed by atoms with van der Waals surface area (Å²) >= 11 is 0. The molecule has 0 radical (unpaired) electrons. The predicted molar refractivity (Wildman–Crippen MR) is 67.4 cm³/mol. The van der Waals surface area contributed by atoms with E-state index in [1.54, 1.807) is 0 Å². The summed E-state index contributed by atoms with van der Waals surface area (Å²) in [6.07, 6.45) is 5.08. The van der Waals surface area contributed by atoms with Crippen LogP contribution < -0.4 is 11.5 Å². The number of hydrogen-bond donors (Lipinski definition) is 2. The quantitative estimate of drug-likeness (QED) is 0.782. The Kier molecular flexibility index (Phi) is 2.40. The number of primary amides is 1. The van der Waals surface area contributed by atoms with Gasteiger partial charge in [0.1, 0.15) is 0 Å². The molecule has 4 bridgehead atoms. The molecule has 4 N–H and O–H groups in total. The molecule has 0 spiro atoms. The molecule has 3 atom stereocenters. The highest BCUT2D eigenvalue weighted by Gasteiger charge is 2.68. The van der Waals surface area contributed by atoms with Gasteiger partial charge in [0, 0.05) is 6.42 Å². The lowest BCUT2D eigenvalue weighted by Gasteiger charge is -2.64. The molecule has 4 saturated carbocycles. The summed E-state index contributed by atoms with van der Waals surface area (Å²) < 4.78 is 0. The largest absolute Gasteiger partial charge is 0.369 e. The Morgan fingerprint density at radius 1 is 1.17 bits per heavy atom. The highest BCUT2D eigenvalue weighted by Crippen LogP contribution is 2.64. The number of ketones is 1. The minimum absolute atomic E-state index is 0.0325. The van der Waals surface area contributed by atoms with Crippen LogP contribution in [0, 0.1) is 23.2 Å². The highest BCUT2D eigenvalue weighted by molar-refractivity contribution is 5.97. The fourth-order valence-electron chi connectivity index (χ4n) is 5.26. The van der Waals surface area contributed by atoms with Crippen LogP contribution in [-0.4, -0.2) is 17.2 Å². The molecule has 4 aliphatic carbocycles. The highest BCUT2D eigenvalue weighted by atomic mass is 16.2. The van der Waals surface area contributed by atoms with Crippen LogP contribution >= 0.6 is 0 Å². The minimum atomic E-state index is -0.985. The van der Waals surface area contributed by atoms with Gasteiger partial charge in [0.05, 0.1) is 11.0 Å². The summed E-state index contributed by atoms with van der Waals surface area (Å²) in [6, 6.07) is 0. The smallest absolute Gasteiger partial charge is 0.226 e. The predicted octanol–water partition coefficient (Wildman–Crippen LogP) is 0.975. The summed E-state index contributed by atoms with van der Waals surface area (Å²) in [5.41, 5.74) is 10.5. The summed E-state index contributed by atoms with van der Waals surface area (Å²) in [4.78, 5) is 24.5. The number of carbonyl (C=O) groups excluding carboxylic acids is 2. The molecule has 0 saturated heterocycles. The standard InChI is InChI=1S/C14H22N2O2/c1-2-11(17)14(16)10-4-8-3-9(5-10)7-13(14,6-8)12(15)18/h8-10H,2-7,16H2,1H3,(H2,15,18). The van der Waals surface area contributed by atoms with E-state index in [-0.39, 0.29) is 17.6 Å². The SMILES string of the molecule is CCC(=O)C1(N)C2CC3CC(C2)CC1(C(N)=O)C3. The van der Waals surface area contributed by atoms with E-state index in [1.807, 2.05) is 6.92 Å². The zero-order valence-corrected chi connectivity index (χ0v) is 10.9. The molecule has 100 valence electrons. The monoisotopic (exact) mass is 250 g/mol. The molecule has 0 aromatic heterocycles. The average molecular weight is 250 g/mol. The molecule has 0 aromatic carbocycles. The Balaban J connectivity index is 2.11. The van der Waals surface area contributed by atoms with E-state index in [0.717, 1.165) is 25.7 Å². The average Bonchev–Trinajstić information content (AvgIpc) is 2.33. The first-order valence-electron chi connectivity index (χ1n) is 7.06. The third-order valence-corrected chi connectivity index (χ3v) is 5.87. The molecule has 4 fully saturated rings. The van der Waals surface area contributed by atoms with Crippen LogP contribution in [0.2, 0.25) is 0 Å². The Morgan fingerprint density at radius 2 is 1.72 bits per heavy atom. The second-order valence-electron chi connectivity index (χ2n) is 6.64. The van der Waals surface area contributed by atoms with Gasteiger partial charge in [-0.2, -0.15) is 0 Å². The molecule has 4 rings (SSSR count). The fraction of sp³-hybridized carbons (Fsp3) is 0.857. The molecule has 0 aliphatic heterocycles. The van der Waals surface area contributed by atoms with E-state index in [1.165, 1.54) is 6.42 Å². The molecule has 3 unspecified atom stereocenters. The van der Waals surface area contributed by atoms with Gasteiger partial charge in [-0.1, -0.05) is 6.92 Å². The zero-order valence-electron chi connectivity index (χ0n) is 10.9. The third-order valence-electron chi connectivity index (χ3n) is 5.87. The van der Waals surface area contributed by atoms with Crippen LogP contribution in [0.5, 0.6) is 0 Å². The zero-order chi connectivity index (χ0) is 13.1. The second kappa shape index (κ2) is 3.56. The molecule has 4 aliphatic rings. The van der Waals surface area contributed by atoms with Crippen LogP contribution in [-0.2, 0) is 9.59 Å². The van der Waals surface area contributed by atoms with E-state index < -0.39 is 11.0 Å². The number of amides is 1. The molecule has 0 aromatic rings. The van der Waals surface area contributed by atoms with Crippen molar-refractivity contribution in [2.24, 2.45) is 34.6 Å². The van der Waals surface area contributed by atoms with Crippen molar-refractivity contribution >= 4 is 11.7 Å². The van der Waals surface area contributed by atoms with E-state index in [0.29, 0.717) is 18.3 Å². The molecule has 18 heavy (non-hydrogen) atoms. The van der Waals surface area contributed by atoms with Crippen molar-refractivity contribution < 1.29 is 9.59 Å². The Labute approximate surface area is 107 Å². The summed E-state index contributed by atoms with van der Waals surface area (Å²) in [5.74, 6) is 0.965. The van der Waals surface area contributed by atoms with E-state index in [4.69, 9.17) is 11.5 Å². The fourth-order valence-corrected chi connectivity index (χ4v) is 5.26. The molecule has 1 amide bonds. The maximum Gasteiger partial charge on any atom is 0.226 e. The minimum Gasteiger partial charge on any atom is -0.369 e. The molecule has 0 heterocycles. The number of carbonyl (C=O) groups is 2. The van der Waals surface area contributed by atoms with E-state index in [2.05, 4.69) is 0 Å². The number of hydrogen-bond acceptors (Lipinski definition) is 3. The van der Waals surface area contributed by atoms with Crippen molar-refractivity contribution in [3.8, 4) is 0 Å². The van der Waals surface area contributed by atoms with Gasteiger partial charge in [-0.05, 0) is 49.9 Å². The maximum absolute atomic E-state index is 12.4.